The second-order valence-electron chi connectivity index (χ2n) is 8.21. The molecule has 1 aromatic carbocycles. The third-order valence-corrected chi connectivity index (χ3v) is 7.09. The van der Waals surface area contributed by atoms with Crippen LogP contribution in [0.15, 0.2) is 29.2 Å². The molecule has 0 radical (unpaired) electrons. The molecule has 8 nitrogen and oxygen atoms in total. The zero-order chi connectivity index (χ0) is 21.0. The van der Waals surface area contributed by atoms with Crippen molar-refractivity contribution in [3.8, 4) is 0 Å². The molecule has 29 heavy (non-hydrogen) atoms. The van der Waals surface area contributed by atoms with Gasteiger partial charge in [-0.2, -0.15) is 0 Å². The van der Waals surface area contributed by atoms with E-state index < -0.39 is 9.84 Å². The van der Waals surface area contributed by atoms with Gasteiger partial charge in [0.05, 0.1) is 10.9 Å². The molecule has 0 amide bonds. The third-order valence-electron chi connectivity index (χ3n) is 5.52. The number of nitrogens with zero attached hydrogens (tertiary/aromatic N) is 6. The molecule has 0 aliphatic carbocycles. The first-order valence-electron chi connectivity index (χ1n) is 10.3. The van der Waals surface area contributed by atoms with Crippen LogP contribution in [0.3, 0.4) is 0 Å². The highest BCUT2D eigenvalue weighted by molar-refractivity contribution is 7.90. The number of aromatic nitrogens is 4. The summed E-state index contributed by atoms with van der Waals surface area (Å²) in [6.07, 6.45) is 0.886. The topological polar surface area (TPSA) is 84.2 Å². The molecule has 3 rings (SSSR count). The Labute approximate surface area is 173 Å². The molecule has 2 aromatic rings. The van der Waals surface area contributed by atoms with Gasteiger partial charge in [0.1, 0.15) is 0 Å². The van der Waals surface area contributed by atoms with Crippen molar-refractivity contribution in [3.63, 3.8) is 0 Å². The zero-order valence-electron chi connectivity index (χ0n) is 17.8. The number of aryl methyl sites for hydroxylation is 1. The fourth-order valence-electron chi connectivity index (χ4n) is 3.78. The van der Waals surface area contributed by atoms with Crippen LogP contribution in [0.1, 0.15) is 44.6 Å². The van der Waals surface area contributed by atoms with Gasteiger partial charge in [-0.1, -0.05) is 38.5 Å². The van der Waals surface area contributed by atoms with Crippen LogP contribution in [0.2, 0.25) is 0 Å². The molecule has 0 bridgehead atoms. The van der Waals surface area contributed by atoms with E-state index in [0.29, 0.717) is 16.6 Å². The van der Waals surface area contributed by atoms with Crippen molar-refractivity contribution in [2.45, 2.75) is 50.9 Å². The molecule has 1 aromatic heterocycles. The summed E-state index contributed by atoms with van der Waals surface area (Å²) in [6, 6.07) is 6.91. The maximum atomic E-state index is 12.9. The van der Waals surface area contributed by atoms with Crippen LogP contribution in [0.4, 0.5) is 0 Å². The highest BCUT2D eigenvalue weighted by Crippen LogP contribution is 2.28. The Bertz CT molecular complexity index is 886. The number of sulfone groups is 1. The summed E-state index contributed by atoms with van der Waals surface area (Å²) in [5.41, 5.74) is 1.02. The lowest BCUT2D eigenvalue weighted by Gasteiger charge is -2.38. The third kappa shape index (κ3) is 5.40. The van der Waals surface area contributed by atoms with Crippen molar-refractivity contribution >= 4 is 9.84 Å². The summed E-state index contributed by atoms with van der Waals surface area (Å²) in [5, 5.41) is 12.1. The fraction of sp³-hybridized carbons (Fsp3) is 0.650. The van der Waals surface area contributed by atoms with Gasteiger partial charge in [0, 0.05) is 26.2 Å². The van der Waals surface area contributed by atoms with Gasteiger partial charge in [0.15, 0.2) is 21.5 Å². The van der Waals surface area contributed by atoms with E-state index in [9.17, 15) is 8.42 Å². The van der Waals surface area contributed by atoms with Crippen LogP contribution in [0, 0.1) is 12.8 Å². The van der Waals surface area contributed by atoms with Crippen molar-refractivity contribution in [2.75, 3.05) is 32.7 Å². The molecule has 160 valence electrons. The van der Waals surface area contributed by atoms with Crippen LogP contribution < -0.4 is 0 Å². The molecule has 1 fully saturated rings. The minimum atomic E-state index is -3.53. The molecular weight excluding hydrogens is 388 g/mol. The Hall–Kier alpha value is -1.84. The maximum Gasteiger partial charge on any atom is 0.198 e. The van der Waals surface area contributed by atoms with Crippen LogP contribution in [-0.2, 0) is 15.7 Å². The molecule has 2 heterocycles. The van der Waals surface area contributed by atoms with E-state index in [0.717, 1.165) is 44.7 Å². The Kier molecular flexibility index (Phi) is 7.02. The Morgan fingerprint density at radius 3 is 2.31 bits per heavy atom. The second-order valence-corrected chi connectivity index (χ2v) is 10.2. The SMILES string of the molecule is CCN1CCN([C@H](CC(C)C)c2nnnn2CS(=O)(=O)c2ccc(C)cc2)CC1. The van der Waals surface area contributed by atoms with Crippen molar-refractivity contribution in [1.29, 1.82) is 0 Å². The number of piperazine rings is 1. The van der Waals surface area contributed by atoms with Crippen LogP contribution in [-0.4, -0.2) is 71.1 Å². The number of hydrogen-bond acceptors (Lipinski definition) is 7. The predicted octanol–water partition coefficient (Wildman–Crippen LogP) is 2.14. The van der Waals surface area contributed by atoms with Gasteiger partial charge in [-0.15, -0.1) is 5.10 Å². The van der Waals surface area contributed by atoms with Crippen molar-refractivity contribution < 1.29 is 8.42 Å². The molecule has 1 atom stereocenters. The van der Waals surface area contributed by atoms with Gasteiger partial charge in [-0.3, -0.25) is 4.90 Å². The molecule has 1 saturated heterocycles. The molecule has 0 N–H and O–H groups in total. The summed E-state index contributed by atoms with van der Waals surface area (Å²) in [7, 11) is -3.53. The average Bonchev–Trinajstić information content (AvgIpc) is 3.13. The van der Waals surface area contributed by atoms with Crippen LogP contribution >= 0.6 is 0 Å². The number of likely N-dealkylation sites (N-methyl/N-ethyl adjacent to an activating group) is 1. The molecule has 9 heteroatoms. The van der Waals surface area contributed by atoms with Crippen LogP contribution in [0.5, 0.6) is 0 Å². The van der Waals surface area contributed by atoms with Gasteiger partial charge in [-0.25, -0.2) is 13.1 Å². The quantitative estimate of drug-likeness (QED) is 0.647. The van der Waals surface area contributed by atoms with E-state index in [1.165, 1.54) is 4.68 Å². The normalized spacial score (nSPS) is 17.7. The lowest BCUT2D eigenvalue weighted by atomic mass is 10.0. The predicted molar refractivity (Wildman–Crippen MR) is 112 cm³/mol. The van der Waals surface area contributed by atoms with Crippen molar-refractivity contribution in [1.82, 2.24) is 30.0 Å². The van der Waals surface area contributed by atoms with Gasteiger partial charge in [0.25, 0.3) is 0 Å². The first-order valence-corrected chi connectivity index (χ1v) is 12.0. The van der Waals surface area contributed by atoms with Gasteiger partial charge >= 0.3 is 0 Å². The zero-order valence-corrected chi connectivity index (χ0v) is 18.6. The summed E-state index contributed by atoms with van der Waals surface area (Å²) < 4.78 is 27.3. The highest BCUT2D eigenvalue weighted by atomic mass is 32.2. The molecular formula is C20H32N6O2S. The molecule has 1 aliphatic heterocycles. The molecule has 0 spiro atoms. The maximum absolute atomic E-state index is 12.9. The second kappa shape index (κ2) is 9.32. The summed E-state index contributed by atoms with van der Waals surface area (Å²) >= 11 is 0. The molecule has 1 aliphatic rings. The van der Waals surface area contributed by atoms with E-state index in [1.54, 1.807) is 12.1 Å². The van der Waals surface area contributed by atoms with Crippen molar-refractivity contribution in [2.24, 2.45) is 5.92 Å². The average molecular weight is 421 g/mol. The van der Waals surface area contributed by atoms with E-state index in [2.05, 4.69) is 46.1 Å². The Balaban J connectivity index is 1.84. The largest absolute Gasteiger partial charge is 0.301 e. The van der Waals surface area contributed by atoms with E-state index in [1.807, 2.05) is 19.1 Å². The monoisotopic (exact) mass is 420 g/mol. The number of rotatable bonds is 8. The molecule has 0 saturated carbocycles. The van der Waals surface area contributed by atoms with Crippen molar-refractivity contribution in [3.05, 3.63) is 35.7 Å². The summed E-state index contributed by atoms with van der Waals surface area (Å²) in [5.74, 6) is 0.837. The number of tetrazole rings is 1. The summed E-state index contributed by atoms with van der Waals surface area (Å²) in [4.78, 5) is 5.11. The first kappa shape index (κ1) is 21.9. The van der Waals surface area contributed by atoms with Gasteiger partial charge in [-0.05, 0) is 48.4 Å². The first-order chi connectivity index (χ1) is 13.8. The van der Waals surface area contributed by atoms with E-state index >= 15 is 0 Å². The Morgan fingerprint density at radius 1 is 1.07 bits per heavy atom. The number of benzene rings is 1. The van der Waals surface area contributed by atoms with Crippen LogP contribution in [0.25, 0.3) is 0 Å². The summed E-state index contributed by atoms with van der Waals surface area (Å²) in [6.45, 7) is 13.4. The Morgan fingerprint density at radius 2 is 1.72 bits per heavy atom. The number of hydrogen-bond donors (Lipinski definition) is 0. The standard InChI is InChI=1S/C20H32N6O2S/c1-5-24-10-12-25(13-11-24)19(14-16(2)3)20-21-22-23-26(20)15-29(27,28)18-8-6-17(4)7-9-18/h6-9,16,19H,5,10-15H2,1-4H3/t19-/m1/s1. The van der Waals surface area contributed by atoms with E-state index in [4.69, 9.17) is 0 Å². The molecule has 0 unspecified atom stereocenters. The van der Waals surface area contributed by atoms with Gasteiger partial charge in [0.2, 0.25) is 0 Å². The van der Waals surface area contributed by atoms with E-state index in [-0.39, 0.29) is 11.9 Å². The highest BCUT2D eigenvalue weighted by Gasteiger charge is 2.30. The fourth-order valence-corrected chi connectivity index (χ4v) is 4.98. The lowest BCUT2D eigenvalue weighted by molar-refractivity contribution is 0.0836. The smallest absolute Gasteiger partial charge is 0.198 e. The minimum absolute atomic E-state index is 0.0113. The lowest BCUT2D eigenvalue weighted by Crippen LogP contribution is -2.48. The van der Waals surface area contributed by atoms with Gasteiger partial charge < -0.3 is 4.90 Å². The minimum Gasteiger partial charge on any atom is -0.301 e.